The number of hydrogen-bond acceptors (Lipinski definition) is 2. The summed E-state index contributed by atoms with van der Waals surface area (Å²) in [6, 6.07) is 0.823. The summed E-state index contributed by atoms with van der Waals surface area (Å²) in [7, 11) is 0. The predicted octanol–water partition coefficient (Wildman–Crippen LogP) is 2.81. The van der Waals surface area contributed by atoms with Crippen LogP contribution in [0.25, 0.3) is 10.4 Å². The Kier molecular flexibility index (Phi) is 4.77. The number of nitrogens with zero attached hydrogens (tertiary/aromatic N) is 4. The van der Waals surface area contributed by atoms with Crippen LogP contribution in [-0.2, 0) is 0 Å². The van der Waals surface area contributed by atoms with Crippen molar-refractivity contribution in [2.45, 2.75) is 39.2 Å². The standard InChI is InChI=1S/C10H20N4/c1-9(2)8-14(10-4-5-10)7-3-6-12-13-11/h9-10H,3-8H2,1-2H3. The van der Waals surface area contributed by atoms with E-state index in [4.69, 9.17) is 5.53 Å². The van der Waals surface area contributed by atoms with Crippen molar-refractivity contribution in [1.82, 2.24) is 4.90 Å². The molecule has 1 rings (SSSR count). The van der Waals surface area contributed by atoms with Crippen molar-refractivity contribution in [3.8, 4) is 0 Å². The first-order chi connectivity index (χ1) is 6.74. The Morgan fingerprint density at radius 3 is 2.71 bits per heavy atom. The maximum Gasteiger partial charge on any atom is 0.0270 e. The molecule has 0 N–H and O–H groups in total. The van der Waals surface area contributed by atoms with E-state index in [1.807, 2.05) is 0 Å². The Morgan fingerprint density at radius 1 is 1.50 bits per heavy atom. The lowest BCUT2D eigenvalue weighted by atomic mass is 10.2. The highest BCUT2D eigenvalue weighted by Crippen LogP contribution is 2.27. The summed E-state index contributed by atoms with van der Waals surface area (Å²) in [6.45, 7) is 7.41. The van der Waals surface area contributed by atoms with E-state index >= 15 is 0 Å². The van der Waals surface area contributed by atoms with E-state index in [2.05, 4.69) is 28.8 Å². The molecule has 1 aliphatic carbocycles. The lowest BCUT2D eigenvalue weighted by Gasteiger charge is -2.23. The fraction of sp³-hybridized carbons (Fsp3) is 1.00. The normalized spacial score (nSPS) is 16.0. The zero-order valence-electron chi connectivity index (χ0n) is 9.19. The first kappa shape index (κ1) is 11.3. The summed E-state index contributed by atoms with van der Waals surface area (Å²) < 4.78 is 0. The van der Waals surface area contributed by atoms with Gasteiger partial charge in [0.25, 0.3) is 0 Å². The van der Waals surface area contributed by atoms with E-state index in [0.29, 0.717) is 6.54 Å². The molecular formula is C10H20N4. The molecular weight excluding hydrogens is 176 g/mol. The summed E-state index contributed by atoms with van der Waals surface area (Å²) >= 11 is 0. The van der Waals surface area contributed by atoms with Crippen molar-refractivity contribution in [2.75, 3.05) is 19.6 Å². The van der Waals surface area contributed by atoms with Crippen molar-refractivity contribution >= 4 is 0 Å². The third-order valence-electron chi connectivity index (χ3n) is 2.43. The molecule has 14 heavy (non-hydrogen) atoms. The van der Waals surface area contributed by atoms with Crippen LogP contribution < -0.4 is 0 Å². The van der Waals surface area contributed by atoms with Crippen molar-refractivity contribution < 1.29 is 0 Å². The summed E-state index contributed by atoms with van der Waals surface area (Å²) in [4.78, 5) is 5.30. The van der Waals surface area contributed by atoms with E-state index in [1.165, 1.54) is 19.4 Å². The Morgan fingerprint density at radius 2 is 2.21 bits per heavy atom. The number of azide groups is 1. The first-order valence-corrected chi connectivity index (χ1v) is 5.49. The van der Waals surface area contributed by atoms with Gasteiger partial charge in [-0.15, -0.1) is 0 Å². The summed E-state index contributed by atoms with van der Waals surface area (Å²) in [5.41, 5.74) is 8.14. The smallest absolute Gasteiger partial charge is 0.0270 e. The second-order valence-corrected chi connectivity index (χ2v) is 4.43. The van der Waals surface area contributed by atoms with Crippen LogP contribution in [0.3, 0.4) is 0 Å². The number of rotatable bonds is 7. The molecule has 0 saturated heterocycles. The molecule has 0 atom stereocenters. The highest BCUT2D eigenvalue weighted by molar-refractivity contribution is 4.84. The van der Waals surface area contributed by atoms with Gasteiger partial charge in [0.1, 0.15) is 0 Å². The monoisotopic (exact) mass is 196 g/mol. The van der Waals surface area contributed by atoms with Crippen LogP contribution in [-0.4, -0.2) is 30.6 Å². The minimum atomic E-state index is 0.637. The maximum absolute atomic E-state index is 8.14. The SMILES string of the molecule is CC(C)CN(CCCN=[N+]=[N-])C1CC1. The molecule has 1 saturated carbocycles. The Balaban J connectivity index is 2.17. The molecule has 1 aliphatic rings. The molecule has 0 aromatic rings. The predicted molar refractivity (Wildman–Crippen MR) is 58.1 cm³/mol. The van der Waals surface area contributed by atoms with Crippen molar-refractivity contribution in [3.05, 3.63) is 10.4 Å². The van der Waals surface area contributed by atoms with Gasteiger partial charge in [0.05, 0.1) is 0 Å². The van der Waals surface area contributed by atoms with Gasteiger partial charge in [0.2, 0.25) is 0 Å². The quantitative estimate of drug-likeness (QED) is 0.267. The van der Waals surface area contributed by atoms with Gasteiger partial charge in [-0.3, -0.25) is 0 Å². The van der Waals surface area contributed by atoms with Gasteiger partial charge in [-0.05, 0) is 37.3 Å². The summed E-state index contributed by atoms with van der Waals surface area (Å²) in [6.07, 6.45) is 3.70. The first-order valence-electron chi connectivity index (χ1n) is 5.49. The van der Waals surface area contributed by atoms with Gasteiger partial charge in [0, 0.05) is 24.0 Å². The minimum Gasteiger partial charge on any atom is -0.300 e. The third-order valence-corrected chi connectivity index (χ3v) is 2.43. The van der Waals surface area contributed by atoms with Crippen LogP contribution in [0.15, 0.2) is 5.11 Å². The van der Waals surface area contributed by atoms with Crippen molar-refractivity contribution in [1.29, 1.82) is 0 Å². The van der Waals surface area contributed by atoms with E-state index in [0.717, 1.165) is 24.9 Å². The molecule has 0 unspecified atom stereocenters. The summed E-state index contributed by atoms with van der Waals surface area (Å²) in [5, 5.41) is 3.56. The molecule has 0 amide bonds. The highest BCUT2D eigenvalue weighted by Gasteiger charge is 2.28. The van der Waals surface area contributed by atoms with E-state index in [9.17, 15) is 0 Å². The molecule has 0 bridgehead atoms. The van der Waals surface area contributed by atoms with Crippen LogP contribution >= 0.6 is 0 Å². The number of hydrogen-bond donors (Lipinski definition) is 0. The van der Waals surface area contributed by atoms with Crippen LogP contribution in [0.4, 0.5) is 0 Å². The zero-order chi connectivity index (χ0) is 10.4. The lowest BCUT2D eigenvalue weighted by molar-refractivity contribution is 0.233. The molecule has 4 heteroatoms. The summed E-state index contributed by atoms with van der Waals surface area (Å²) in [5.74, 6) is 0.732. The van der Waals surface area contributed by atoms with Crippen molar-refractivity contribution in [3.63, 3.8) is 0 Å². The van der Waals surface area contributed by atoms with Crippen LogP contribution in [0.1, 0.15) is 33.1 Å². The van der Waals surface area contributed by atoms with E-state index < -0.39 is 0 Å². The molecule has 0 aliphatic heterocycles. The molecule has 0 aromatic carbocycles. The Bertz CT molecular complexity index is 204. The van der Waals surface area contributed by atoms with Gasteiger partial charge in [-0.25, -0.2) is 0 Å². The minimum absolute atomic E-state index is 0.637. The second-order valence-electron chi connectivity index (χ2n) is 4.43. The van der Waals surface area contributed by atoms with E-state index in [1.54, 1.807) is 0 Å². The third kappa shape index (κ3) is 4.49. The molecule has 0 spiro atoms. The average Bonchev–Trinajstić information content (AvgIpc) is 2.92. The molecule has 0 heterocycles. The molecule has 1 fully saturated rings. The molecule has 4 nitrogen and oxygen atoms in total. The van der Waals surface area contributed by atoms with Crippen LogP contribution in [0.2, 0.25) is 0 Å². The van der Waals surface area contributed by atoms with Gasteiger partial charge in [-0.1, -0.05) is 19.0 Å². The van der Waals surface area contributed by atoms with Gasteiger partial charge < -0.3 is 4.90 Å². The van der Waals surface area contributed by atoms with Crippen LogP contribution in [0.5, 0.6) is 0 Å². The molecule has 80 valence electrons. The molecule has 0 aromatic heterocycles. The largest absolute Gasteiger partial charge is 0.300 e. The van der Waals surface area contributed by atoms with E-state index in [-0.39, 0.29) is 0 Å². The highest BCUT2D eigenvalue weighted by atomic mass is 15.2. The Hall–Kier alpha value is -0.730. The molecule has 0 radical (unpaired) electrons. The second kappa shape index (κ2) is 5.89. The lowest BCUT2D eigenvalue weighted by Crippen LogP contribution is -2.31. The Labute approximate surface area is 85.9 Å². The zero-order valence-corrected chi connectivity index (χ0v) is 9.19. The van der Waals surface area contributed by atoms with Gasteiger partial charge in [-0.2, -0.15) is 0 Å². The van der Waals surface area contributed by atoms with Gasteiger partial charge >= 0.3 is 0 Å². The van der Waals surface area contributed by atoms with Crippen LogP contribution in [0, 0.1) is 5.92 Å². The van der Waals surface area contributed by atoms with Gasteiger partial charge in [0.15, 0.2) is 0 Å². The van der Waals surface area contributed by atoms with Crippen molar-refractivity contribution in [2.24, 2.45) is 11.0 Å². The average molecular weight is 196 g/mol. The maximum atomic E-state index is 8.14. The fourth-order valence-electron chi connectivity index (χ4n) is 1.72. The fourth-order valence-corrected chi connectivity index (χ4v) is 1.72. The topological polar surface area (TPSA) is 52.0 Å².